The molecule has 2 aliphatic rings. The molecule has 0 aromatic carbocycles. The summed E-state index contributed by atoms with van der Waals surface area (Å²) in [5.41, 5.74) is 0. The van der Waals surface area contributed by atoms with Crippen LogP contribution in [0.3, 0.4) is 0 Å². The van der Waals surface area contributed by atoms with Crippen molar-refractivity contribution in [2.75, 3.05) is 0 Å². The summed E-state index contributed by atoms with van der Waals surface area (Å²) in [5, 5.41) is 8.97. The van der Waals surface area contributed by atoms with Gasteiger partial charge in [-0.2, -0.15) is 0 Å². The average molecular weight is 195 g/mol. The molecule has 3 atom stereocenters. The van der Waals surface area contributed by atoms with E-state index in [2.05, 4.69) is 0 Å². The fraction of sp³-hybridized carbons (Fsp3) is 0.600. The highest BCUT2D eigenvalue weighted by Crippen LogP contribution is 2.34. The van der Waals surface area contributed by atoms with Crippen LogP contribution in [0.25, 0.3) is 0 Å². The summed E-state index contributed by atoms with van der Waals surface area (Å²) in [6.07, 6.45) is 4.68. The van der Waals surface area contributed by atoms with E-state index >= 15 is 0 Å². The lowest BCUT2D eigenvalue weighted by molar-refractivity contribution is -0.148. The van der Waals surface area contributed by atoms with Gasteiger partial charge in [-0.25, -0.2) is 4.79 Å². The highest BCUT2D eigenvalue weighted by Gasteiger charge is 2.45. The molecule has 1 fully saturated rings. The van der Waals surface area contributed by atoms with Crippen LogP contribution in [-0.2, 0) is 9.59 Å². The van der Waals surface area contributed by atoms with E-state index in [1.165, 1.54) is 11.0 Å². The normalized spacial score (nSPS) is 35.9. The number of carbonyl (C=O) groups excluding carboxylic acids is 1. The molecule has 2 rings (SSSR count). The Morgan fingerprint density at radius 2 is 2.36 bits per heavy atom. The fourth-order valence-corrected chi connectivity index (χ4v) is 2.41. The number of carbonyl (C=O) groups is 2. The lowest BCUT2D eigenvalue weighted by Gasteiger charge is -2.30. The minimum Gasteiger partial charge on any atom is -0.480 e. The van der Waals surface area contributed by atoms with Crippen molar-refractivity contribution in [1.29, 1.82) is 0 Å². The number of hydrogen-bond acceptors (Lipinski definition) is 2. The van der Waals surface area contributed by atoms with Crippen molar-refractivity contribution in [3.05, 3.63) is 12.2 Å². The Hall–Kier alpha value is -1.32. The average Bonchev–Trinajstić information content (AvgIpc) is 2.46. The molecule has 0 spiro atoms. The monoisotopic (exact) mass is 195 g/mol. The van der Waals surface area contributed by atoms with Gasteiger partial charge in [-0.05, 0) is 24.8 Å². The molecule has 3 unspecified atom stereocenters. The summed E-state index contributed by atoms with van der Waals surface area (Å²) < 4.78 is 0. The minimum atomic E-state index is -0.886. The molecule has 0 saturated carbocycles. The summed E-state index contributed by atoms with van der Waals surface area (Å²) in [6, 6.07) is -0.527. The zero-order chi connectivity index (χ0) is 10.3. The molecular weight excluding hydrogens is 182 g/mol. The lowest BCUT2D eigenvalue weighted by atomic mass is 9.97. The van der Waals surface area contributed by atoms with Gasteiger partial charge in [-0.3, -0.25) is 4.79 Å². The van der Waals surface area contributed by atoms with Crippen LogP contribution in [0.5, 0.6) is 0 Å². The largest absolute Gasteiger partial charge is 0.480 e. The van der Waals surface area contributed by atoms with Crippen LogP contribution in [0.2, 0.25) is 0 Å². The number of hydrogen-bond donors (Lipinski definition) is 1. The number of carboxylic acid groups (broad SMARTS) is 1. The molecule has 0 radical (unpaired) electrons. The van der Waals surface area contributed by atoms with Gasteiger partial charge in [0.25, 0.3) is 0 Å². The molecule has 2 heterocycles. The van der Waals surface area contributed by atoms with Gasteiger partial charge in [-0.15, -0.1) is 0 Å². The number of rotatable bonds is 1. The summed E-state index contributed by atoms with van der Waals surface area (Å²) in [7, 11) is 0. The van der Waals surface area contributed by atoms with E-state index in [0.717, 1.165) is 6.42 Å². The number of amides is 1. The molecule has 76 valence electrons. The maximum absolute atomic E-state index is 11.5. The Bertz CT molecular complexity index is 310. The topological polar surface area (TPSA) is 57.6 Å². The predicted molar refractivity (Wildman–Crippen MR) is 49.6 cm³/mol. The van der Waals surface area contributed by atoms with Gasteiger partial charge in [0.2, 0.25) is 5.91 Å². The molecule has 1 amide bonds. The lowest BCUT2D eigenvalue weighted by Crippen LogP contribution is -2.46. The standard InChI is InChI=1S/C10H13NO3/c1-6-5-8(10(13)14)11-7(6)3-2-4-9(11)12/h2,4,6-8H,3,5H2,1H3,(H,13,14). The highest BCUT2D eigenvalue weighted by atomic mass is 16.4. The molecule has 1 saturated heterocycles. The Labute approximate surface area is 82.2 Å². The Balaban J connectivity index is 2.30. The molecule has 0 aromatic heterocycles. The van der Waals surface area contributed by atoms with Gasteiger partial charge in [0.1, 0.15) is 6.04 Å². The molecule has 1 N–H and O–H groups in total. The molecule has 4 nitrogen and oxygen atoms in total. The van der Waals surface area contributed by atoms with Crippen LogP contribution in [-0.4, -0.2) is 34.0 Å². The first-order valence-corrected chi connectivity index (χ1v) is 4.83. The summed E-state index contributed by atoms with van der Waals surface area (Å²) in [5.74, 6) is -0.758. The van der Waals surface area contributed by atoms with Crippen molar-refractivity contribution in [1.82, 2.24) is 4.90 Å². The molecule has 14 heavy (non-hydrogen) atoms. The summed E-state index contributed by atoms with van der Waals surface area (Å²) >= 11 is 0. The molecule has 0 bridgehead atoms. The number of carboxylic acids is 1. The predicted octanol–water partition coefficient (Wildman–Crippen LogP) is 0.637. The van der Waals surface area contributed by atoms with E-state index in [1.54, 1.807) is 0 Å². The zero-order valence-electron chi connectivity index (χ0n) is 8.01. The molecule has 0 aromatic rings. The first kappa shape index (κ1) is 9.24. The van der Waals surface area contributed by atoms with Crippen molar-refractivity contribution < 1.29 is 14.7 Å². The Morgan fingerprint density at radius 3 is 3.00 bits per heavy atom. The van der Waals surface area contributed by atoms with Gasteiger partial charge in [-0.1, -0.05) is 13.0 Å². The number of fused-ring (bicyclic) bond motifs is 1. The molecular formula is C10H13NO3. The highest BCUT2D eigenvalue weighted by molar-refractivity contribution is 5.92. The van der Waals surface area contributed by atoms with Crippen molar-refractivity contribution in [3.8, 4) is 0 Å². The zero-order valence-corrected chi connectivity index (χ0v) is 8.01. The quantitative estimate of drug-likeness (QED) is 0.667. The van der Waals surface area contributed by atoms with Crippen LogP contribution in [0.1, 0.15) is 19.8 Å². The van der Waals surface area contributed by atoms with Crippen molar-refractivity contribution in [3.63, 3.8) is 0 Å². The third kappa shape index (κ3) is 1.22. The second-order valence-corrected chi connectivity index (χ2v) is 4.02. The molecule has 0 aliphatic carbocycles. The van der Waals surface area contributed by atoms with Gasteiger partial charge in [0.05, 0.1) is 0 Å². The van der Waals surface area contributed by atoms with Crippen molar-refractivity contribution >= 4 is 11.9 Å². The van der Waals surface area contributed by atoms with Gasteiger partial charge >= 0.3 is 5.97 Å². The minimum absolute atomic E-state index is 0.0913. The van der Waals surface area contributed by atoms with Crippen LogP contribution in [0, 0.1) is 5.92 Å². The van der Waals surface area contributed by atoms with Crippen LogP contribution >= 0.6 is 0 Å². The van der Waals surface area contributed by atoms with Crippen molar-refractivity contribution in [2.45, 2.75) is 31.8 Å². The third-order valence-corrected chi connectivity index (χ3v) is 3.12. The molecule has 2 aliphatic heterocycles. The second kappa shape index (κ2) is 3.12. The Morgan fingerprint density at radius 1 is 1.64 bits per heavy atom. The number of nitrogens with zero attached hydrogens (tertiary/aromatic N) is 1. The van der Waals surface area contributed by atoms with Gasteiger partial charge in [0, 0.05) is 6.04 Å². The summed E-state index contributed by atoms with van der Waals surface area (Å²) in [4.78, 5) is 24.0. The van der Waals surface area contributed by atoms with Crippen LogP contribution in [0.4, 0.5) is 0 Å². The van der Waals surface area contributed by atoms with E-state index in [0.29, 0.717) is 6.42 Å². The maximum atomic E-state index is 11.5. The van der Waals surface area contributed by atoms with E-state index in [9.17, 15) is 9.59 Å². The van der Waals surface area contributed by atoms with E-state index in [4.69, 9.17) is 5.11 Å². The SMILES string of the molecule is CC1CC(C(=O)O)N2C(=O)C=CCC12. The third-order valence-electron chi connectivity index (χ3n) is 3.12. The fourth-order valence-electron chi connectivity index (χ4n) is 2.41. The van der Waals surface area contributed by atoms with Crippen LogP contribution in [0.15, 0.2) is 12.2 Å². The molecule has 4 heteroatoms. The van der Waals surface area contributed by atoms with E-state index in [-0.39, 0.29) is 17.9 Å². The maximum Gasteiger partial charge on any atom is 0.326 e. The van der Waals surface area contributed by atoms with Gasteiger partial charge < -0.3 is 10.0 Å². The first-order chi connectivity index (χ1) is 6.61. The second-order valence-electron chi connectivity index (χ2n) is 4.02. The van der Waals surface area contributed by atoms with E-state index in [1.807, 2.05) is 13.0 Å². The smallest absolute Gasteiger partial charge is 0.326 e. The Kier molecular flexibility index (Phi) is 2.06. The number of aliphatic carboxylic acids is 1. The first-order valence-electron chi connectivity index (χ1n) is 4.83. The van der Waals surface area contributed by atoms with Gasteiger partial charge in [0.15, 0.2) is 0 Å². The van der Waals surface area contributed by atoms with E-state index < -0.39 is 12.0 Å². The summed E-state index contributed by atoms with van der Waals surface area (Å²) in [6.45, 7) is 2.01. The van der Waals surface area contributed by atoms with Crippen LogP contribution < -0.4 is 0 Å². The van der Waals surface area contributed by atoms with Crippen molar-refractivity contribution in [2.24, 2.45) is 5.92 Å².